The molecule has 0 aliphatic rings. The zero-order chi connectivity index (χ0) is 13.7. The second-order valence-corrected chi connectivity index (χ2v) is 4.47. The summed E-state index contributed by atoms with van der Waals surface area (Å²) in [6, 6.07) is 14.9. The Morgan fingerprint density at radius 2 is 1.79 bits per heavy atom. The predicted molar refractivity (Wildman–Crippen MR) is 74.6 cm³/mol. The molecule has 0 aromatic heterocycles. The maximum absolute atomic E-state index is 13.5. The summed E-state index contributed by atoms with van der Waals surface area (Å²) in [7, 11) is 1.65. The number of hydrogen-bond donors (Lipinski definition) is 1. The zero-order valence-electron chi connectivity index (χ0n) is 11.2. The van der Waals surface area contributed by atoms with Crippen LogP contribution >= 0.6 is 0 Å². The van der Waals surface area contributed by atoms with Crippen molar-refractivity contribution in [1.82, 2.24) is 5.32 Å². The van der Waals surface area contributed by atoms with Gasteiger partial charge in [-0.15, -0.1) is 0 Å². The normalized spacial score (nSPS) is 12.2. The van der Waals surface area contributed by atoms with E-state index in [2.05, 4.69) is 12.2 Å². The summed E-state index contributed by atoms with van der Waals surface area (Å²) in [5, 5.41) is 3.31. The van der Waals surface area contributed by atoms with Crippen LogP contribution in [0.15, 0.2) is 48.5 Å². The fourth-order valence-electron chi connectivity index (χ4n) is 1.92. The fourth-order valence-corrected chi connectivity index (χ4v) is 1.92. The molecule has 2 rings (SSSR count). The van der Waals surface area contributed by atoms with Gasteiger partial charge in [0.1, 0.15) is 11.6 Å². The molecule has 1 N–H and O–H groups in total. The van der Waals surface area contributed by atoms with E-state index in [-0.39, 0.29) is 11.9 Å². The molecule has 3 heteroatoms. The Kier molecular flexibility index (Phi) is 4.53. The van der Waals surface area contributed by atoms with Crippen molar-refractivity contribution in [3.05, 3.63) is 65.5 Å². The summed E-state index contributed by atoms with van der Waals surface area (Å²) in [6.07, 6.45) is 0. The SMILES string of the molecule is COc1ccc(C(C)NCc2ccccc2F)cc1. The van der Waals surface area contributed by atoms with Gasteiger partial charge in [-0.2, -0.15) is 0 Å². The van der Waals surface area contributed by atoms with Crippen LogP contribution in [0.5, 0.6) is 5.75 Å². The first-order valence-corrected chi connectivity index (χ1v) is 6.31. The lowest BCUT2D eigenvalue weighted by atomic mass is 10.1. The van der Waals surface area contributed by atoms with Gasteiger partial charge >= 0.3 is 0 Å². The molecular weight excluding hydrogens is 241 g/mol. The number of rotatable bonds is 5. The Hall–Kier alpha value is -1.87. The van der Waals surface area contributed by atoms with E-state index in [1.807, 2.05) is 30.3 Å². The summed E-state index contributed by atoms with van der Waals surface area (Å²) in [5.41, 5.74) is 1.83. The van der Waals surface area contributed by atoms with Crippen molar-refractivity contribution in [2.75, 3.05) is 7.11 Å². The smallest absolute Gasteiger partial charge is 0.127 e. The van der Waals surface area contributed by atoms with E-state index in [0.717, 1.165) is 11.3 Å². The van der Waals surface area contributed by atoms with Crippen LogP contribution in [0, 0.1) is 5.82 Å². The van der Waals surface area contributed by atoms with Crippen molar-refractivity contribution >= 4 is 0 Å². The minimum absolute atomic E-state index is 0.158. The molecule has 0 saturated carbocycles. The maximum atomic E-state index is 13.5. The van der Waals surface area contributed by atoms with Crippen molar-refractivity contribution in [2.45, 2.75) is 19.5 Å². The molecule has 1 atom stereocenters. The molecule has 0 radical (unpaired) electrons. The lowest BCUT2D eigenvalue weighted by molar-refractivity contribution is 0.414. The Bertz CT molecular complexity index is 525. The van der Waals surface area contributed by atoms with E-state index in [1.54, 1.807) is 19.2 Å². The Labute approximate surface area is 113 Å². The highest BCUT2D eigenvalue weighted by atomic mass is 19.1. The van der Waals surface area contributed by atoms with Crippen molar-refractivity contribution in [1.29, 1.82) is 0 Å². The summed E-state index contributed by atoms with van der Waals surface area (Å²) >= 11 is 0. The van der Waals surface area contributed by atoms with E-state index in [4.69, 9.17) is 4.74 Å². The molecule has 0 amide bonds. The van der Waals surface area contributed by atoms with Gasteiger partial charge < -0.3 is 10.1 Å². The lowest BCUT2D eigenvalue weighted by Crippen LogP contribution is -2.18. The minimum Gasteiger partial charge on any atom is -0.497 e. The molecule has 0 bridgehead atoms. The van der Waals surface area contributed by atoms with Gasteiger partial charge in [0.05, 0.1) is 7.11 Å². The van der Waals surface area contributed by atoms with Gasteiger partial charge in [-0.25, -0.2) is 4.39 Å². The molecule has 0 spiro atoms. The number of hydrogen-bond acceptors (Lipinski definition) is 2. The van der Waals surface area contributed by atoms with E-state index in [0.29, 0.717) is 12.1 Å². The third-order valence-corrected chi connectivity index (χ3v) is 3.17. The molecule has 2 aromatic rings. The zero-order valence-corrected chi connectivity index (χ0v) is 11.2. The van der Waals surface area contributed by atoms with Gasteiger partial charge in [-0.1, -0.05) is 30.3 Å². The molecule has 2 nitrogen and oxygen atoms in total. The van der Waals surface area contributed by atoms with Crippen molar-refractivity contribution < 1.29 is 9.13 Å². The highest BCUT2D eigenvalue weighted by molar-refractivity contribution is 5.29. The Morgan fingerprint density at radius 1 is 1.11 bits per heavy atom. The average molecular weight is 259 g/mol. The fraction of sp³-hybridized carbons (Fsp3) is 0.250. The molecule has 0 saturated heterocycles. The van der Waals surface area contributed by atoms with Crippen LogP contribution in [0.1, 0.15) is 24.1 Å². The topological polar surface area (TPSA) is 21.3 Å². The van der Waals surface area contributed by atoms with Gasteiger partial charge in [0.2, 0.25) is 0 Å². The largest absolute Gasteiger partial charge is 0.497 e. The molecule has 19 heavy (non-hydrogen) atoms. The highest BCUT2D eigenvalue weighted by Gasteiger charge is 2.06. The van der Waals surface area contributed by atoms with Crippen LogP contribution in [0.3, 0.4) is 0 Å². The summed E-state index contributed by atoms with van der Waals surface area (Å²) in [5.74, 6) is 0.669. The van der Waals surface area contributed by atoms with Crippen molar-refractivity contribution in [2.24, 2.45) is 0 Å². The standard InChI is InChI=1S/C16H18FNO/c1-12(13-7-9-15(19-2)10-8-13)18-11-14-5-3-4-6-16(14)17/h3-10,12,18H,11H2,1-2H3. The molecule has 0 heterocycles. The number of ether oxygens (including phenoxy) is 1. The minimum atomic E-state index is -0.170. The van der Waals surface area contributed by atoms with Gasteiger partial charge in [0.15, 0.2) is 0 Å². The van der Waals surface area contributed by atoms with E-state index in [1.165, 1.54) is 6.07 Å². The third kappa shape index (κ3) is 3.55. The van der Waals surface area contributed by atoms with Gasteiger partial charge in [0.25, 0.3) is 0 Å². The first kappa shape index (κ1) is 13.6. The second kappa shape index (κ2) is 6.34. The van der Waals surface area contributed by atoms with Crippen LogP contribution in [-0.2, 0) is 6.54 Å². The monoisotopic (exact) mass is 259 g/mol. The highest BCUT2D eigenvalue weighted by Crippen LogP contribution is 2.18. The van der Waals surface area contributed by atoms with Crippen LogP contribution in [0.25, 0.3) is 0 Å². The molecule has 100 valence electrons. The van der Waals surface area contributed by atoms with Crippen molar-refractivity contribution in [3.63, 3.8) is 0 Å². The van der Waals surface area contributed by atoms with E-state index in [9.17, 15) is 4.39 Å². The first-order valence-electron chi connectivity index (χ1n) is 6.31. The number of benzene rings is 2. The number of methoxy groups -OCH3 is 1. The molecule has 2 aromatic carbocycles. The van der Waals surface area contributed by atoms with Gasteiger partial charge in [0, 0.05) is 18.2 Å². The van der Waals surface area contributed by atoms with Gasteiger partial charge in [-0.05, 0) is 30.7 Å². The van der Waals surface area contributed by atoms with Crippen molar-refractivity contribution in [3.8, 4) is 5.75 Å². The number of halogens is 1. The summed E-state index contributed by atoms with van der Waals surface area (Å²) in [6.45, 7) is 2.57. The Morgan fingerprint density at radius 3 is 2.42 bits per heavy atom. The summed E-state index contributed by atoms with van der Waals surface area (Å²) in [4.78, 5) is 0. The quantitative estimate of drug-likeness (QED) is 0.884. The van der Waals surface area contributed by atoms with Crippen LogP contribution in [0.4, 0.5) is 4.39 Å². The first-order chi connectivity index (χ1) is 9.20. The summed E-state index contributed by atoms with van der Waals surface area (Å²) < 4.78 is 18.6. The predicted octanol–water partition coefficient (Wildman–Crippen LogP) is 3.69. The molecular formula is C16H18FNO. The lowest BCUT2D eigenvalue weighted by Gasteiger charge is -2.15. The van der Waals surface area contributed by atoms with Crippen LogP contribution < -0.4 is 10.1 Å². The third-order valence-electron chi connectivity index (χ3n) is 3.17. The van der Waals surface area contributed by atoms with Crippen LogP contribution in [-0.4, -0.2) is 7.11 Å². The van der Waals surface area contributed by atoms with Gasteiger partial charge in [-0.3, -0.25) is 0 Å². The average Bonchev–Trinajstić information content (AvgIpc) is 2.46. The molecule has 0 aliphatic carbocycles. The van der Waals surface area contributed by atoms with E-state index >= 15 is 0 Å². The number of nitrogens with one attached hydrogen (secondary N) is 1. The maximum Gasteiger partial charge on any atom is 0.127 e. The second-order valence-electron chi connectivity index (χ2n) is 4.47. The molecule has 0 fully saturated rings. The Balaban J connectivity index is 1.97. The van der Waals surface area contributed by atoms with E-state index < -0.39 is 0 Å². The molecule has 0 aliphatic heterocycles. The molecule has 1 unspecified atom stereocenters. The van der Waals surface area contributed by atoms with Crippen LogP contribution in [0.2, 0.25) is 0 Å².